The average molecular weight is 258 g/mol. The molecule has 0 amide bonds. The minimum atomic E-state index is 0.717. The molecule has 1 aromatic rings. The number of benzene rings is 1. The van der Waals surface area contributed by atoms with Crippen molar-refractivity contribution in [2.75, 3.05) is 19.6 Å². The minimum Gasteiger partial charge on any atom is -0.313 e. The summed E-state index contributed by atoms with van der Waals surface area (Å²) in [5, 5.41) is 3.61. The van der Waals surface area contributed by atoms with E-state index in [2.05, 4.69) is 35.3 Å². The highest BCUT2D eigenvalue weighted by atomic mass is 15.1. The Morgan fingerprint density at radius 1 is 1.21 bits per heavy atom. The molecule has 104 valence electrons. The number of nitrogens with one attached hydrogen (secondary N) is 1. The Hall–Kier alpha value is -0.860. The van der Waals surface area contributed by atoms with E-state index in [1.54, 1.807) is 11.1 Å². The fraction of sp³-hybridized carbons (Fsp3) is 0.647. The van der Waals surface area contributed by atoms with Crippen molar-refractivity contribution in [2.24, 2.45) is 0 Å². The molecule has 0 bridgehead atoms. The summed E-state index contributed by atoms with van der Waals surface area (Å²) in [5.74, 6) is 0. The predicted molar refractivity (Wildman–Crippen MR) is 80.4 cm³/mol. The first kappa shape index (κ1) is 13.1. The van der Waals surface area contributed by atoms with Gasteiger partial charge in [-0.2, -0.15) is 0 Å². The zero-order valence-electron chi connectivity index (χ0n) is 12.1. The van der Waals surface area contributed by atoms with Crippen molar-refractivity contribution in [2.45, 2.75) is 51.6 Å². The maximum absolute atomic E-state index is 3.61. The van der Waals surface area contributed by atoms with Gasteiger partial charge in [-0.05, 0) is 61.9 Å². The molecule has 0 aromatic heterocycles. The summed E-state index contributed by atoms with van der Waals surface area (Å²) in [5.41, 5.74) is 4.69. The lowest BCUT2D eigenvalue weighted by Crippen LogP contribution is -2.37. The molecule has 1 aliphatic heterocycles. The largest absolute Gasteiger partial charge is 0.313 e. The summed E-state index contributed by atoms with van der Waals surface area (Å²) in [7, 11) is 0. The third kappa shape index (κ3) is 3.18. The standard InChI is InChI=1S/C17H26N2/c1-2-19(13-17-7-4-10-18-17)12-14-8-9-15-5-3-6-16(15)11-14/h8-9,11,17-18H,2-7,10,12-13H2,1H3. The Morgan fingerprint density at radius 2 is 2.11 bits per heavy atom. The van der Waals surface area contributed by atoms with E-state index >= 15 is 0 Å². The van der Waals surface area contributed by atoms with Gasteiger partial charge in [0.05, 0.1) is 0 Å². The lowest BCUT2D eigenvalue weighted by atomic mass is 10.1. The Labute approximate surface area is 117 Å². The molecule has 1 unspecified atom stereocenters. The highest BCUT2D eigenvalue weighted by Crippen LogP contribution is 2.23. The molecule has 0 radical (unpaired) electrons. The van der Waals surface area contributed by atoms with E-state index in [0.29, 0.717) is 0 Å². The Bertz CT molecular complexity index is 421. The molecular formula is C17H26N2. The van der Waals surface area contributed by atoms with Crippen LogP contribution in [0.15, 0.2) is 18.2 Å². The predicted octanol–water partition coefficient (Wildman–Crippen LogP) is 2.75. The van der Waals surface area contributed by atoms with Crippen LogP contribution >= 0.6 is 0 Å². The number of likely N-dealkylation sites (N-methyl/N-ethyl adjacent to an activating group) is 1. The fourth-order valence-corrected chi connectivity index (χ4v) is 3.51. The highest BCUT2D eigenvalue weighted by Gasteiger charge is 2.18. The van der Waals surface area contributed by atoms with Gasteiger partial charge in [-0.25, -0.2) is 0 Å². The molecule has 0 spiro atoms. The van der Waals surface area contributed by atoms with Crippen LogP contribution in [0.4, 0.5) is 0 Å². The van der Waals surface area contributed by atoms with Gasteiger partial charge in [-0.3, -0.25) is 4.90 Å². The summed E-state index contributed by atoms with van der Waals surface area (Å²) in [6.45, 7) is 6.95. The number of hydrogen-bond donors (Lipinski definition) is 1. The van der Waals surface area contributed by atoms with Gasteiger partial charge in [0, 0.05) is 19.1 Å². The van der Waals surface area contributed by atoms with Crippen LogP contribution < -0.4 is 5.32 Å². The lowest BCUT2D eigenvalue weighted by Gasteiger charge is -2.24. The van der Waals surface area contributed by atoms with Crippen molar-refractivity contribution in [1.82, 2.24) is 10.2 Å². The quantitative estimate of drug-likeness (QED) is 0.873. The van der Waals surface area contributed by atoms with E-state index in [1.807, 2.05) is 0 Å². The molecule has 1 fully saturated rings. The van der Waals surface area contributed by atoms with E-state index in [1.165, 1.54) is 50.8 Å². The lowest BCUT2D eigenvalue weighted by molar-refractivity contribution is 0.253. The summed E-state index contributed by atoms with van der Waals surface area (Å²) >= 11 is 0. The van der Waals surface area contributed by atoms with Gasteiger partial charge in [0.25, 0.3) is 0 Å². The van der Waals surface area contributed by atoms with Crippen molar-refractivity contribution in [3.8, 4) is 0 Å². The van der Waals surface area contributed by atoms with Crippen LogP contribution in [0.2, 0.25) is 0 Å². The second-order valence-electron chi connectivity index (χ2n) is 6.08. The van der Waals surface area contributed by atoms with E-state index in [9.17, 15) is 0 Å². The van der Waals surface area contributed by atoms with Crippen LogP contribution in [0.5, 0.6) is 0 Å². The smallest absolute Gasteiger partial charge is 0.0234 e. The van der Waals surface area contributed by atoms with Crippen molar-refractivity contribution in [3.63, 3.8) is 0 Å². The molecule has 2 aliphatic rings. The topological polar surface area (TPSA) is 15.3 Å². The van der Waals surface area contributed by atoms with Gasteiger partial charge < -0.3 is 5.32 Å². The van der Waals surface area contributed by atoms with Crippen molar-refractivity contribution >= 4 is 0 Å². The monoisotopic (exact) mass is 258 g/mol. The Kier molecular flexibility index (Phi) is 4.19. The van der Waals surface area contributed by atoms with E-state index in [-0.39, 0.29) is 0 Å². The maximum atomic E-state index is 3.61. The molecule has 2 nitrogen and oxygen atoms in total. The van der Waals surface area contributed by atoms with Crippen LogP contribution in [0.3, 0.4) is 0 Å². The molecule has 1 aliphatic carbocycles. The number of hydrogen-bond acceptors (Lipinski definition) is 2. The van der Waals surface area contributed by atoms with Crippen molar-refractivity contribution in [1.29, 1.82) is 0 Å². The minimum absolute atomic E-state index is 0.717. The molecule has 1 atom stereocenters. The van der Waals surface area contributed by atoms with Gasteiger partial charge >= 0.3 is 0 Å². The first-order valence-electron chi connectivity index (χ1n) is 7.91. The summed E-state index contributed by atoms with van der Waals surface area (Å²) in [6.07, 6.45) is 6.63. The van der Waals surface area contributed by atoms with Gasteiger partial charge in [-0.15, -0.1) is 0 Å². The van der Waals surface area contributed by atoms with Gasteiger partial charge in [-0.1, -0.05) is 25.1 Å². The zero-order chi connectivity index (χ0) is 13.1. The number of aryl methyl sites for hydroxylation is 2. The molecule has 2 heteroatoms. The van der Waals surface area contributed by atoms with Crippen LogP contribution in [-0.4, -0.2) is 30.6 Å². The van der Waals surface area contributed by atoms with Crippen molar-refractivity contribution in [3.05, 3.63) is 34.9 Å². The maximum Gasteiger partial charge on any atom is 0.0234 e. The SMILES string of the molecule is CCN(Cc1ccc2c(c1)CCC2)CC1CCCN1. The normalized spacial score (nSPS) is 22.1. The van der Waals surface area contributed by atoms with Gasteiger partial charge in [0.2, 0.25) is 0 Å². The number of fused-ring (bicyclic) bond motifs is 1. The van der Waals surface area contributed by atoms with Crippen LogP contribution in [-0.2, 0) is 19.4 Å². The molecule has 1 N–H and O–H groups in total. The Morgan fingerprint density at radius 3 is 2.89 bits per heavy atom. The van der Waals surface area contributed by atoms with Gasteiger partial charge in [0.1, 0.15) is 0 Å². The molecule has 3 rings (SSSR count). The molecule has 0 saturated carbocycles. The van der Waals surface area contributed by atoms with E-state index < -0.39 is 0 Å². The zero-order valence-corrected chi connectivity index (χ0v) is 12.1. The Balaban J connectivity index is 1.61. The second kappa shape index (κ2) is 6.06. The average Bonchev–Trinajstić information content (AvgIpc) is 3.08. The molecular weight excluding hydrogens is 232 g/mol. The molecule has 1 saturated heterocycles. The van der Waals surface area contributed by atoms with Crippen LogP contribution in [0.1, 0.15) is 42.9 Å². The second-order valence-corrected chi connectivity index (χ2v) is 6.08. The van der Waals surface area contributed by atoms with Crippen molar-refractivity contribution < 1.29 is 0 Å². The molecule has 1 heterocycles. The van der Waals surface area contributed by atoms with E-state index in [0.717, 1.165) is 19.1 Å². The highest BCUT2D eigenvalue weighted by molar-refractivity contribution is 5.35. The van der Waals surface area contributed by atoms with Crippen LogP contribution in [0, 0.1) is 0 Å². The first-order chi connectivity index (χ1) is 9.35. The summed E-state index contributed by atoms with van der Waals surface area (Å²) in [6, 6.07) is 7.87. The van der Waals surface area contributed by atoms with E-state index in [4.69, 9.17) is 0 Å². The van der Waals surface area contributed by atoms with Crippen LogP contribution in [0.25, 0.3) is 0 Å². The number of rotatable bonds is 5. The molecule has 1 aromatic carbocycles. The first-order valence-corrected chi connectivity index (χ1v) is 7.91. The van der Waals surface area contributed by atoms with Gasteiger partial charge in [0.15, 0.2) is 0 Å². The third-order valence-corrected chi connectivity index (χ3v) is 4.66. The fourth-order valence-electron chi connectivity index (χ4n) is 3.51. The third-order valence-electron chi connectivity index (χ3n) is 4.66. The summed E-state index contributed by atoms with van der Waals surface area (Å²) in [4.78, 5) is 2.58. The number of nitrogens with zero attached hydrogens (tertiary/aromatic N) is 1. The molecule has 19 heavy (non-hydrogen) atoms. The summed E-state index contributed by atoms with van der Waals surface area (Å²) < 4.78 is 0.